The predicted octanol–water partition coefficient (Wildman–Crippen LogP) is -0.505. The van der Waals surface area contributed by atoms with E-state index in [0.29, 0.717) is 0 Å². The summed E-state index contributed by atoms with van der Waals surface area (Å²) in [7, 11) is 0. The van der Waals surface area contributed by atoms with Gasteiger partial charge in [-0.15, -0.1) is 0 Å². The molecule has 6 N–H and O–H groups in total. The quantitative estimate of drug-likeness (QED) is 0.373. The van der Waals surface area contributed by atoms with Crippen molar-refractivity contribution in [1.29, 1.82) is 0 Å². The van der Waals surface area contributed by atoms with Crippen LogP contribution in [0.4, 0.5) is 0 Å². The molecule has 1 aromatic rings. The molecule has 9 nitrogen and oxygen atoms in total. The van der Waals surface area contributed by atoms with E-state index in [1.54, 1.807) is 30.3 Å². The summed E-state index contributed by atoms with van der Waals surface area (Å²) in [5, 5.41) is 22.6. The molecule has 0 aromatic heterocycles. The van der Waals surface area contributed by atoms with Gasteiger partial charge < -0.3 is 26.6 Å². The molecule has 0 saturated heterocycles. The van der Waals surface area contributed by atoms with Crippen LogP contribution >= 0.6 is 0 Å². The molecule has 0 aliphatic rings. The fourth-order valence-corrected chi connectivity index (χ4v) is 2.14. The minimum atomic E-state index is -1.20. The van der Waals surface area contributed by atoms with Crippen LogP contribution < -0.4 is 16.4 Å². The van der Waals surface area contributed by atoms with Crippen LogP contribution in [0.15, 0.2) is 30.3 Å². The standard InChI is InChI=1S/C17H23N3O6/c1-10(19-16(24)12(18)7-8-14(21)22)15(23)20-13(17(25)26)9-11-5-3-2-4-6-11/h2-6,10,12-13H,7-9,18H2,1H3,(H,19,24)(H,20,23)(H,21,22)(H,25,26)/t10-,12-,13-/m0/s1. The van der Waals surface area contributed by atoms with Crippen LogP contribution in [0.25, 0.3) is 0 Å². The van der Waals surface area contributed by atoms with Gasteiger partial charge in [0.25, 0.3) is 0 Å². The Labute approximate surface area is 150 Å². The van der Waals surface area contributed by atoms with Gasteiger partial charge in [0.2, 0.25) is 11.8 Å². The molecule has 0 spiro atoms. The maximum Gasteiger partial charge on any atom is 0.326 e. The third kappa shape index (κ3) is 7.31. The highest BCUT2D eigenvalue weighted by molar-refractivity contribution is 5.91. The van der Waals surface area contributed by atoms with Crippen LogP contribution in [-0.2, 0) is 25.6 Å². The number of amides is 2. The zero-order valence-corrected chi connectivity index (χ0v) is 14.3. The van der Waals surface area contributed by atoms with E-state index in [1.165, 1.54) is 6.92 Å². The van der Waals surface area contributed by atoms with Gasteiger partial charge in [-0.1, -0.05) is 30.3 Å². The Balaban J connectivity index is 2.58. The molecule has 0 bridgehead atoms. The molecule has 26 heavy (non-hydrogen) atoms. The minimum Gasteiger partial charge on any atom is -0.481 e. The molecular formula is C17H23N3O6. The van der Waals surface area contributed by atoms with Gasteiger partial charge in [-0.2, -0.15) is 0 Å². The third-order valence-corrected chi connectivity index (χ3v) is 3.66. The number of carbonyl (C=O) groups excluding carboxylic acids is 2. The molecule has 0 heterocycles. The van der Waals surface area contributed by atoms with E-state index in [9.17, 15) is 24.3 Å². The Morgan fingerprint density at radius 3 is 2.19 bits per heavy atom. The lowest BCUT2D eigenvalue weighted by atomic mass is 10.1. The second-order valence-corrected chi connectivity index (χ2v) is 5.86. The molecule has 9 heteroatoms. The van der Waals surface area contributed by atoms with Crippen LogP contribution in [0.1, 0.15) is 25.3 Å². The number of nitrogens with one attached hydrogen (secondary N) is 2. The van der Waals surface area contributed by atoms with E-state index in [-0.39, 0.29) is 19.3 Å². The fraction of sp³-hybridized carbons (Fsp3) is 0.412. The van der Waals surface area contributed by atoms with Crippen molar-refractivity contribution in [2.75, 3.05) is 0 Å². The molecule has 0 fully saturated rings. The summed E-state index contributed by atoms with van der Waals surface area (Å²) in [6.07, 6.45) is -0.241. The number of carboxylic acids is 2. The number of benzene rings is 1. The van der Waals surface area contributed by atoms with E-state index in [2.05, 4.69) is 10.6 Å². The third-order valence-electron chi connectivity index (χ3n) is 3.66. The summed E-state index contributed by atoms with van der Waals surface area (Å²) < 4.78 is 0. The monoisotopic (exact) mass is 365 g/mol. The lowest BCUT2D eigenvalue weighted by molar-refractivity contribution is -0.142. The van der Waals surface area contributed by atoms with Gasteiger partial charge in [-0.3, -0.25) is 14.4 Å². The Hall–Kier alpha value is -2.94. The number of aliphatic carboxylic acids is 2. The van der Waals surface area contributed by atoms with Gasteiger partial charge in [0, 0.05) is 12.8 Å². The van der Waals surface area contributed by atoms with Crippen molar-refractivity contribution in [1.82, 2.24) is 10.6 Å². The zero-order chi connectivity index (χ0) is 19.7. The highest BCUT2D eigenvalue weighted by Gasteiger charge is 2.25. The van der Waals surface area contributed by atoms with E-state index in [1.807, 2.05) is 0 Å². The van der Waals surface area contributed by atoms with Gasteiger partial charge >= 0.3 is 11.9 Å². The topological polar surface area (TPSA) is 159 Å². The van der Waals surface area contributed by atoms with Crippen molar-refractivity contribution in [2.24, 2.45) is 5.73 Å². The van der Waals surface area contributed by atoms with E-state index < -0.39 is 41.9 Å². The molecule has 0 aliphatic carbocycles. The lowest BCUT2D eigenvalue weighted by Crippen LogP contribution is -2.53. The fourth-order valence-electron chi connectivity index (χ4n) is 2.14. The Morgan fingerprint density at radius 2 is 1.65 bits per heavy atom. The molecule has 3 atom stereocenters. The average molecular weight is 365 g/mol. The molecule has 142 valence electrons. The first kappa shape index (κ1) is 21.1. The van der Waals surface area contributed by atoms with Crippen LogP contribution in [0, 0.1) is 0 Å². The predicted molar refractivity (Wildman–Crippen MR) is 92.2 cm³/mol. The second-order valence-electron chi connectivity index (χ2n) is 5.86. The number of hydrogen-bond acceptors (Lipinski definition) is 5. The Morgan fingerprint density at radius 1 is 1.04 bits per heavy atom. The van der Waals surface area contributed by atoms with Gasteiger partial charge in [-0.05, 0) is 18.9 Å². The van der Waals surface area contributed by atoms with Gasteiger partial charge in [0.05, 0.1) is 6.04 Å². The number of rotatable bonds is 10. The highest BCUT2D eigenvalue weighted by atomic mass is 16.4. The normalized spacial score (nSPS) is 13.9. The first-order valence-corrected chi connectivity index (χ1v) is 8.05. The van der Waals surface area contributed by atoms with Gasteiger partial charge in [-0.25, -0.2) is 4.79 Å². The Kier molecular flexibility index (Phi) is 8.23. The van der Waals surface area contributed by atoms with Gasteiger partial charge in [0.1, 0.15) is 12.1 Å². The summed E-state index contributed by atoms with van der Waals surface area (Å²) in [5.41, 5.74) is 6.31. The van der Waals surface area contributed by atoms with E-state index >= 15 is 0 Å². The molecule has 0 unspecified atom stereocenters. The molecule has 1 aromatic carbocycles. The van der Waals surface area contributed by atoms with Gasteiger partial charge in [0.15, 0.2) is 0 Å². The molecule has 0 aliphatic heterocycles. The van der Waals surface area contributed by atoms with Crippen LogP contribution in [-0.4, -0.2) is 52.1 Å². The summed E-state index contributed by atoms with van der Waals surface area (Å²) >= 11 is 0. The molecule has 0 radical (unpaired) electrons. The molecular weight excluding hydrogens is 342 g/mol. The summed E-state index contributed by atoms with van der Waals surface area (Å²) in [5.74, 6) is -3.63. The number of nitrogens with two attached hydrogens (primary N) is 1. The molecule has 0 saturated carbocycles. The number of hydrogen-bond donors (Lipinski definition) is 5. The van der Waals surface area contributed by atoms with Crippen molar-refractivity contribution in [3.05, 3.63) is 35.9 Å². The van der Waals surface area contributed by atoms with Crippen LogP contribution in [0.3, 0.4) is 0 Å². The summed E-state index contributed by atoms with van der Waals surface area (Å²) in [6.45, 7) is 1.39. The lowest BCUT2D eigenvalue weighted by Gasteiger charge is -2.20. The first-order chi connectivity index (χ1) is 12.2. The Bertz CT molecular complexity index is 649. The van der Waals surface area contributed by atoms with Crippen LogP contribution in [0.2, 0.25) is 0 Å². The zero-order valence-electron chi connectivity index (χ0n) is 14.3. The largest absolute Gasteiger partial charge is 0.481 e. The highest BCUT2D eigenvalue weighted by Crippen LogP contribution is 2.04. The average Bonchev–Trinajstić information content (AvgIpc) is 2.59. The van der Waals surface area contributed by atoms with Crippen molar-refractivity contribution < 1.29 is 29.4 Å². The number of carbonyl (C=O) groups is 4. The summed E-state index contributed by atoms with van der Waals surface area (Å²) in [4.78, 5) is 45.9. The van der Waals surface area contributed by atoms with Crippen molar-refractivity contribution >= 4 is 23.8 Å². The van der Waals surface area contributed by atoms with Crippen molar-refractivity contribution in [3.8, 4) is 0 Å². The summed E-state index contributed by atoms with van der Waals surface area (Å²) in [6, 6.07) is 5.57. The number of carboxylic acid groups (broad SMARTS) is 2. The second kappa shape index (κ2) is 10.1. The molecule has 2 amide bonds. The van der Waals surface area contributed by atoms with Crippen molar-refractivity contribution in [2.45, 2.75) is 44.3 Å². The minimum absolute atomic E-state index is 0.0682. The SMILES string of the molecule is C[C@H](NC(=O)[C@@H](N)CCC(=O)O)C(=O)N[C@@H](Cc1ccccc1)C(=O)O. The van der Waals surface area contributed by atoms with E-state index in [4.69, 9.17) is 10.8 Å². The maximum atomic E-state index is 12.1. The maximum absolute atomic E-state index is 12.1. The molecule has 1 rings (SSSR count). The van der Waals surface area contributed by atoms with Crippen molar-refractivity contribution in [3.63, 3.8) is 0 Å². The smallest absolute Gasteiger partial charge is 0.326 e. The first-order valence-electron chi connectivity index (χ1n) is 8.05. The van der Waals surface area contributed by atoms with Crippen LogP contribution in [0.5, 0.6) is 0 Å². The van der Waals surface area contributed by atoms with E-state index in [0.717, 1.165) is 5.56 Å².